The van der Waals surface area contributed by atoms with Crippen molar-refractivity contribution in [3.8, 4) is 11.5 Å². The predicted octanol–water partition coefficient (Wildman–Crippen LogP) is 0.940. The van der Waals surface area contributed by atoms with Gasteiger partial charge < -0.3 is 20.3 Å². The van der Waals surface area contributed by atoms with Gasteiger partial charge in [-0.05, 0) is 0 Å². The van der Waals surface area contributed by atoms with Crippen LogP contribution in [-0.2, 0) is 13.2 Å². The normalized spacial score (nSPS) is 11.4. The molecule has 5 nitrogen and oxygen atoms in total. The number of aromatic nitrogens is 1. The first-order valence-electron chi connectivity index (χ1n) is 4.54. The van der Waals surface area contributed by atoms with Crippen molar-refractivity contribution in [3.63, 3.8) is 0 Å². The number of rotatable bonds is 4. The number of aliphatic hydroxyl groups is 1. The second kappa shape index (κ2) is 5.19. The first-order valence-corrected chi connectivity index (χ1v) is 4.54. The van der Waals surface area contributed by atoms with Gasteiger partial charge in [-0.3, -0.25) is 4.98 Å². The average molecular weight is 252 g/mol. The third-order valence-corrected chi connectivity index (χ3v) is 1.95. The van der Waals surface area contributed by atoms with E-state index >= 15 is 0 Å². The largest absolute Gasteiger partial charge is 0.573 e. The van der Waals surface area contributed by atoms with Crippen LogP contribution in [-0.4, -0.2) is 23.6 Å². The number of hydrogen-bond acceptors (Lipinski definition) is 5. The summed E-state index contributed by atoms with van der Waals surface area (Å²) in [5, 5.41) is 9.05. The number of alkyl halides is 3. The summed E-state index contributed by atoms with van der Waals surface area (Å²) in [7, 11) is 1.24. The molecule has 1 rings (SSSR count). The van der Waals surface area contributed by atoms with Gasteiger partial charge in [-0.15, -0.1) is 13.2 Å². The number of aliphatic hydroxyl groups excluding tert-OH is 1. The maximum atomic E-state index is 12.1. The molecule has 0 spiro atoms. The highest BCUT2D eigenvalue weighted by Crippen LogP contribution is 2.33. The van der Waals surface area contributed by atoms with Gasteiger partial charge in [-0.2, -0.15) is 0 Å². The van der Waals surface area contributed by atoms with Crippen molar-refractivity contribution in [1.29, 1.82) is 0 Å². The smallest absolute Gasteiger partial charge is 0.494 e. The van der Waals surface area contributed by atoms with Gasteiger partial charge in [-0.1, -0.05) is 0 Å². The Kier molecular flexibility index (Phi) is 4.13. The molecule has 0 aliphatic heterocycles. The Labute approximate surface area is 95.0 Å². The zero-order valence-corrected chi connectivity index (χ0v) is 8.91. The van der Waals surface area contributed by atoms with Crippen molar-refractivity contribution in [2.24, 2.45) is 5.73 Å². The first-order chi connectivity index (χ1) is 7.92. The van der Waals surface area contributed by atoms with Crippen LogP contribution in [0.4, 0.5) is 13.2 Å². The third kappa shape index (κ3) is 3.21. The van der Waals surface area contributed by atoms with Crippen LogP contribution in [0.3, 0.4) is 0 Å². The molecule has 0 fully saturated rings. The molecule has 1 aromatic heterocycles. The summed E-state index contributed by atoms with van der Waals surface area (Å²) in [6.07, 6.45) is -4.01. The van der Waals surface area contributed by atoms with E-state index in [1.807, 2.05) is 0 Å². The maximum absolute atomic E-state index is 12.1. The van der Waals surface area contributed by atoms with E-state index in [0.29, 0.717) is 0 Å². The summed E-state index contributed by atoms with van der Waals surface area (Å²) < 4.78 is 44.8. The van der Waals surface area contributed by atoms with Crippen molar-refractivity contribution in [1.82, 2.24) is 4.98 Å². The quantitative estimate of drug-likeness (QED) is 0.833. The Morgan fingerprint density at radius 1 is 1.47 bits per heavy atom. The lowest BCUT2D eigenvalue weighted by atomic mass is 10.2. The van der Waals surface area contributed by atoms with Crippen molar-refractivity contribution in [3.05, 3.63) is 17.5 Å². The van der Waals surface area contributed by atoms with Crippen LogP contribution in [0.2, 0.25) is 0 Å². The molecule has 0 unspecified atom stereocenters. The van der Waals surface area contributed by atoms with Crippen LogP contribution >= 0.6 is 0 Å². The monoisotopic (exact) mass is 252 g/mol. The van der Waals surface area contributed by atoms with Gasteiger partial charge in [0, 0.05) is 6.54 Å². The van der Waals surface area contributed by atoms with Crippen LogP contribution in [0.25, 0.3) is 0 Å². The van der Waals surface area contributed by atoms with E-state index in [4.69, 9.17) is 15.6 Å². The van der Waals surface area contributed by atoms with Crippen molar-refractivity contribution < 1.29 is 27.8 Å². The van der Waals surface area contributed by atoms with E-state index in [-0.39, 0.29) is 23.6 Å². The van der Waals surface area contributed by atoms with Crippen LogP contribution in [0.1, 0.15) is 11.3 Å². The van der Waals surface area contributed by atoms with Gasteiger partial charge in [0.15, 0.2) is 11.5 Å². The lowest BCUT2D eigenvalue weighted by molar-refractivity contribution is -0.275. The fraction of sp³-hybridized carbons (Fsp3) is 0.444. The Morgan fingerprint density at radius 3 is 2.53 bits per heavy atom. The van der Waals surface area contributed by atoms with Gasteiger partial charge in [0.1, 0.15) is 0 Å². The number of halogens is 3. The summed E-state index contributed by atoms with van der Waals surface area (Å²) in [6.45, 7) is -0.702. The molecule has 96 valence electrons. The summed E-state index contributed by atoms with van der Waals surface area (Å²) in [5.41, 5.74) is 5.44. The molecule has 0 aromatic carbocycles. The van der Waals surface area contributed by atoms with Gasteiger partial charge in [-0.25, -0.2) is 0 Å². The van der Waals surface area contributed by atoms with Crippen LogP contribution in [0.15, 0.2) is 6.20 Å². The number of ether oxygens (including phenoxy) is 2. The molecule has 8 heteroatoms. The Bertz CT molecular complexity index is 396. The number of nitrogens with zero attached hydrogens (tertiary/aromatic N) is 1. The Hall–Kier alpha value is -1.54. The van der Waals surface area contributed by atoms with E-state index in [9.17, 15) is 13.2 Å². The number of nitrogens with two attached hydrogens (primary N) is 1. The lowest BCUT2D eigenvalue weighted by Gasteiger charge is -2.16. The Balaban J connectivity index is 3.23. The molecule has 1 heterocycles. The molecule has 0 radical (unpaired) electrons. The summed E-state index contributed by atoms with van der Waals surface area (Å²) in [5.74, 6) is -0.606. The molecular formula is C9H11F3N2O3. The molecule has 1 aromatic rings. The fourth-order valence-electron chi connectivity index (χ4n) is 1.31. The minimum atomic E-state index is -4.86. The van der Waals surface area contributed by atoms with E-state index in [2.05, 4.69) is 9.72 Å². The molecule has 3 N–H and O–H groups in total. The topological polar surface area (TPSA) is 77.6 Å². The summed E-state index contributed by atoms with van der Waals surface area (Å²) in [6, 6.07) is 0. The van der Waals surface area contributed by atoms with Gasteiger partial charge in [0.05, 0.1) is 31.2 Å². The maximum Gasteiger partial charge on any atom is 0.573 e. The van der Waals surface area contributed by atoms with Gasteiger partial charge >= 0.3 is 6.36 Å². The lowest BCUT2D eigenvalue weighted by Crippen LogP contribution is -2.19. The van der Waals surface area contributed by atoms with E-state index in [1.54, 1.807) is 0 Å². The summed E-state index contributed by atoms with van der Waals surface area (Å²) in [4.78, 5) is 3.67. The fourth-order valence-corrected chi connectivity index (χ4v) is 1.31. The highest BCUT2D eigenvalue weighted by molar-refractivity contribution is 5.45. The van der Waals surface area contributed by atoms with Gasteiger partial charge in [0.25, 0.3) is 0 Å². The summed E-state index contributed by atoms with van der Waals surface area (Å²) >= 11 is 0. The minimum Gasteiger partial charge on any atom is -0.494 e. The van der Waals surface area contributed by atoms with Crippen LogP contribution in [0.5, 0.6) is 11.5 Å². The third-order valence-electron chi connectivity index (χ3n) is 1.95. The van der Waals surface area contributed by atoms with Crippen molar-refractivity contribution in [2.75, 3.05) is 7.11 Å². The molecule has 17 heavy (non-hydrogen) atoms. The molecule has 0 aliphatic rings. The molecular weight excluding hydrogens is 241 g/mol. The second-order valence-corrected chi connectivity index (χ2v) is 2.99. The van der Waals surface area contributed by atoms with E-state index in [0.717, 1.165) is 6.20 Å². The zero-order valence-electron chi connectivity index (χ0n) is 8.91. The molecule has 0 saturated heterocycles. The van der Waals surface area contributed by atoms with Crippen LogP contribution in [0, 0.1) is 0 Å². The SMILES string of the molecule is COc1c(CN)ncc(OC(F)(F)F)c1CO. The standard InChI is InChI=1S/C9H11F3N2O3/c1-16-8-5(4-15)7(17-9(10,11)12)3-14-6(8)2-13/h3,15H,2,4,13H2,1H3. The van der Waals surface area contributed by atoms with Crippen LogP contribution < -0.4 is 15.2 Å². The Morgan fingerprint density at radius 2 is 2.12 bits per heavy atom. The molecule has 0 amide bonds. The average Bonchev–Trinajstić information content (AvgIpc) is 2.26. The highest BCUT2D eigenvalue weighted by atomic mass is 19.4. The molecule has 0 atom stereocenters. The zero-order chi connectivity index (χ0) is 13.1. The van der Waals surface area contributed by atoms with Crippen molar-refractivity contribution >= 4 is 0 Å². The molecule has 0 saturated carbocycles. The number of hydrogen-bond donors (Lipinski definition) is 2. The first kappa shape index (κ1) is 13.5. The van der Waals surface area contributed by atoms with Gasteiger partial charge in [0.2, 0.25) is 0 Å². The highest BCUT2D eigenvalue weighted by Gasteiger charge is 2.33. The number of methoxy groups -OCH3 is 1. The molecule has 0 aliphatic carbocycles. The van der Waals surface area contributed by atoms with E-state index < -0.39 is 18.7 Å². The second-order valence-electron chi connectivity index (χ2n) is 2.99. The van der Waals surface area contributed by atoms with Crippen molar-refractivity contribution in [2.45, 2.75) is 19.5 Å². The minimum absolute atomic E-state index is 0.00301. The van der Waals surface area contributed by atoms with E-state index in [1.165, 1.54) is 7.11 Å². The number of pyridine rings is 1. The predicted molar refractivity (Wildman–Crippen MR) is 51.3 cm³/mol. The molecule has 0 bridgehead atoms.